The Morgan fingerprint density at radius 1 is 1.31 bits per heavy atom. The summed E-state index contributed by atoms with van der Waals surface area (Å²) in [5.41, 5.74) is 7.89. The zero-order valence-electron chi connectivity index (χ0n) is 8.58. The molecule has 16 heavy (non-hydrogen) atoms. The predicted octanol–water partition coefficient (Wildman–Crippen LogP) is 2.78. The molecule has 1 aromatic heterocycles. The van der Waals surface area contributed by atoms with Crippen LogP contribution >= 0.6 is 11.3 Å². The van der Waals surface area contributed by atoms with Gasteiger partial charge in [0, 0.05) is 16.6 Å². The standard InChI is InChI=1S/C11H10F2N2S/c1-6-2-3-7(10(13)9(6)12)11(14)8-4-15-5-16-8/h2-5,11H,14H2,1H3. The summed E-state index contributed by atoms with van der Waals surface area (Å²) >= 11 is 1.32. The van der Waals surface area contributed by atoms with Gasteiger partial charge in [0.1, 0.15) is 0 Å². The highest BCUT2D eigenvalue weighted by molar-refractivity contribution is 7.09. The van der Waals surface area contributed by atoms with Gasteiger partial charge < -0.3 is 5.73 Å². The number of aromatic nitrogens is 1. The number of halogens is 2. The summed E-state index contributed by atoms with van der Waals surface area (Å²) in [7, 11) is 0. The van der Waals surface area contributed by atoms with Crippen LogP contribution in [0.1, 0.15) is 22.0 Å². The van der Waals surface area contributed by atoms with Crippen LogP contribution in [0, 0.1) is 18.6 Å². The minimum Gasteiger partial charge on any atom is -0.319 e. The maximum Gasteiger partial charge on any atom is 0.164 e. The zero-order chi connectivity index (χ0) is 11.7. The third-order valence-electron chi connectivity index (χ3n) is 2.40. The van der Waals surface area contributed by atoms with Crippen LogP contribution in [0.25, 0.3) is 0 Å². The van der Waals surface area contributed by atoms with Gasteiger partial charge in [-0.25, -0.2) is 8.78 Å². The largest absolute Gasteiger partial charge is 0.319 e. The first-order valence-electron chi connectivity index (χ1n) is 4.69. The van der Waals surface area contributed by atoms with E-state index >= 15 is 0 Å². The number of nitrogens with two attached hydrogens (primary N) is 1. The SMILES string of the molecule is Cc1ccc(C(N)c2cncs2)c(F)c1F. The lowest BCUT2D eigenvalue weighted by Crippen LogP contribution is -2.13. The summed E-state index contributed by atoms with van der Waals surface area (Å²) in [6.07, 6.45) is 1.56. The lowest BCUT2D eigenvalue weighted by Gasteiger charge is -2.11. The molecule has 2 aromatic rings. The molecule has 0 aliphatic heterocycles. The van der Waals surface area contributed by atoms with E-state index in [9.17, 15) is 8.78 Å². The number of aryl methyl sites for hydroxylation is 1. The van der Waals surface area contributed by atoms with E-state index in [1.165, 1.54) is 30.4 Å². The first-order valence-corrected chi connectivity index (χ1v) is 5.57. The monoisotopic (exact) mass is 240 g/mol. The van der Waals surface area contributed by atoms with E-state index in [4.69, 9.17) is 5.73 Å². The minimum absolute atomic E-state index is 0.160. The van der Waals surface area contributed by atoms with Crippen molar-refractivity contribution in [3.63, 3.8) is 0 Å². The minimum atomic E-state index is -0.874. The first-order chi connectivity index (χ1) is 7.61. The van der Waals surface area contributed by atoms with Crippen molar-refractivity contribution in [1.29, 1.82) is 0 Å². The van der Waals surface area contributed by atoms with Crippen LogP contribution in [0.4, 0.5) is 8.78 Å². The molecule has 0 spiro atoms. The Morgan fingerprint density at radius 2 is 2.06 bits per heavy atom. The zero-order valence-corrected chi connectivity index (χ0v) is 9.39. The molecule has 2 N–H and O–H groups in total. The molecule has 0 saturated carbocycles. The van der Waals surface area contributed by atoms with E-state index < -0.39 is 17.7 Å². The van der Waals surface area contributed by atoms with Crippen LogP contribution in [0.3, 0.4) is 0 Å². The quantitative estimate of drug-likeness (QED) is 0.876. The Kier molecular flexibility index (Phi) is 2.98. The molecular weight excluding hydrogens is 230 g/mol. The third-order valence-corrected chi connectivity index (χ3v) is 3.26. The molecule has 0 bridgehead atoms. The molecule has 0 aliphatic rings. The summed E-state index contributed by atoms with van der Waals surface area (Å²) in [5, 5.41) is 0. The molecule has 2 rings (SSSR count). The van der Waals surface area contributed by atoms with Gasteiger partial charge in [0.2, 0.25) is 0 Å². The summed E-state index contributed by atoms with van der Waals surface area (Å²) in [4.78, 5) is 4.57. The van der Waals surface area contributed by atoms with Crippen molar-refractivity contribution in [1.82, 2.24) is 4.98 Å². The van der Waals surface area contributed by atoms with Gasteiger partial charge in [-0.15, -0.1) is 11.3 Å². The average Bonchev–Trinajstić information content (AvgIpc) is 2.79. The molecule has 0 radical (unpaired) electrons. The van der Waals surface area contributed by atoms with E-state index in [0.717, 1.165) is 0 Å². The molecule has 1 unspecified atom stereocenters. The number of hydrogen-bond acceptors (Lipinski definition) is 3. The molecule has 1 atom stereocenters. The van der Waals surface area contributed by atoms with E-state index in [1.54, 1.807) is 11.7 Å². The van der Waals surface area contributed by atoms with Gasteiger partial charge in [-0.2, -0.15) is 0 Å². The Labute approximate surface area is 95.7 Å². The van der Waals surface area contributed by atoms with Gasteiger partial charge >= 0.3 is 0 Å². The van der Waals surface area contributed by atoms with Crippen molar-refractivity contribution in [3.05, 3.63) is 51.5 Å². The molecule has 1 aromatic carbocycles. The van der Waals surface area contributed by atoms with Gasteiger partial charge in [0.25, 0.3) is 0 Å². The number of hydrogen-bond donors (Lipinski definition) is 1. The second kappa shape index (κ2) is 4.27. The Hall–Kier alpha value is -1.33. The van der Waals surface area contributed by atoms with Gasteiger partial charge in [0.05, 0.1) is 11.6 Å². The maximum atomic E-state index is 13.6. The summed E-state index contributed by atoms with van der Waals surface area (Å²) in [6, 6.07) is 2.37. The molecule has 84 valence electrons. The van der Waals surface area contributed by atoms with Crippen LogP contribution in [0.5, 0.6) is 0 Å². The Bertz CT molecular complexity index is 497. The van der Waals surface area contributed by atoms with Crippen LogP contribution in [0.15, 0.2) is 23.8 Å². The Balaban J connectivity index is 2.45. The second-order valence-electron chi connectivity index (χ2n) is 3.48. The van der Waals surface area contributed by atoms with E-state index in [0.29, 0.717) is 4.88 Å². The lowest BCUT2D eigenvalue weighted by atomic mass is 10.0. The smallest absolute Gasteiger partial charge is 0.164 e. The molecule has 0 aliphatic carbocycles. The number of benzene rings is 1. The second-order valence-corrected chi connectivity index (χ2v) is 4.40. The van der Waals surface area contributed by atoms with Gasteiger partial charge in [0.15, 0.2) is 11.6 Å². The van der Waals surface area contributed by atoms with Crippen molar-refractivity contribution >= 4 is 11.3 Å². The van der Waals surface area contributed by atoms with Gasteiger partial charge in [-0.3, -0.25) is 4.98 Å². The van der Waals surface area contributed by atoms with Crippen molar-refractivity contribution < 1.29 is 8.78 Å². The molecule has 5 heteroatoms. The van der Waals surface area contributed by atoms with E-state index in [1.807, 2.05) is 0 Å². The average molecular weight is 240 g/mol. The van der Waals surface area contributed by atoms with E-state index in [-0.39, 0.29) is 11.1 Å². The van der Waals surface area contributed by atoms with Crippen LogP contribution in [-0.2, 0) is 0 Å². The summed E-state index contributed by atoms with van der Waals surface area (Å²) in [6.45, 7) is 1.51. The van der Waals surface area contributed by atoms with Gasteiger partial charge in [-0.1, -0.05) is 12.1 Å². The fraction of sp³-hybridized carbons (Fsp3) is 0.182. The third kappa shape index (κ3) is 1.83. The first kappa shape index (κ1) is 11.2. The molecule has 0 fully saturated rings. The molecule has 0 saturated heterocycles. The van der Waals surface area contributed by atoms with Gasteiger partial charge in [-0.05, 0) is 12.5 Å². The molecule has 2 nitrogen and oxygen atoms in total. The fourth-order valence-corrected chi connectivity index (χ4v) is 2.07. The van der Waals surface area contributed by atoms with Crippen LogP contribution < -0.4 is 5.73 Å². The Morgan fingerprint density at radius 3 is 2.69 bits per heavy atom. The van der Waals surface area contributed by atoms with Crippen molar-refractivity contribution in [2.24, 2.45) is 5.73 Å². The lowest BCUT2D eigenvalue weighted by molar-refractivity contribution is 0.490. The fourth-order valence-electron chi connectivity index (χ4n) is 1.43. The number of thiazole rings is 1. The highest BCUT2D eigenvalue weighted by Crippen LogP contribution is 2.26. The summed E-state index contributed by atoms with van der Waals surface area (Å²) in [5.74, 6) is -1.71. The van der Waals surface area contributed by atoms with Crippen molar-refractivity contribution in [2.75, 3.05) is 0 Å². The predicted molar refractivity (Wildman–Crippen MR) is 59.2 cm³/mol. The highest BCUT2D eigenvalue weighted by Gasteiger charge is 2.18. The molecule has 1 heterocycles. The van der Waals surface area contributed by atoms with Crippen molar-refractivity contribution in [3.8, 4) is 0 Å². The number of rotatable bonds is 2. The summed E-state index contributed by atoms with van der Waals surface area (Å²) < 4.78 is 27.0. The van der Waals surface area contributed by atoms with E-state index in [2.05, 4.69) is 4.98 Å². The van der Waals surface area contributed by atoms with Crippen LogP contribution in [0.2, 0.25) is 0 Å². The maximum absolute atomic E-state index is 13.6. The topological polar surface area (TPSA) is 38.9 Å². The highest BCUT2D eigenvalue weighted by atomic mass is 32.1. The normalized spacial score (nSPS) is 12.8. The molecular formula is C11H10F2N2S. The number of nitrogens with zero attached hydrogens (tertiary/aromatic N) is 1. The molecule has 0 amide bonds. The van der Waals surface area contributed by atoms with Crippen molar-refractivity contribution in [2.45, 2.75) is 13.0 Å². The van der Waals surface area contributed by atoms with Crippen LogP contribution in [-0.4, -0.2) is 4.98 Å².